The van der Waals surface area contributed by atoms with Crippen LogP contribution in [0.4, 0.5) is 10.1 Å². The van der Waals surface area contributed by atoms with Gasteiger partial charge in [0.25, 0.3) is 0 Å². The highest BCUT2D eigenvalue weighted by Gasteiger charge is 2.24. The molecule has 3 aromatic rings. The van der Waals surface area contributed by atoms with Crippen LogP contribution in [0.25, 0.3) is 11.1 Å². The van der Waals surface area contributed by atoms with Crippen molar-refractivity contribution >= 4 is 24.3 Å². The molecule has 0 saturated carbocycles. The zero-order chi connectivity index (χ0) is 25.8. The molecule has 5 nitrogen and oxygen atoms in total. The van der Waals surface area contributed by atoms with E-state index in [4.69, 9.17) is 14.6 Å². The number of nitrogens with one attached hydrogen (secondary N) is 1. The summed E-state index contributed by atoms with van der Waals surface area (Å²) in [7, 11) is 0. The third-order valence-corrected chi connectivity index (χ3v) is 6.83. The highest BCUT2D eigenvalue weighted by Crippen LogP contribution is 2.39. The van der Waals surface area contributed by atoms with E-state index in [0.29, 0.717) is 30.2 Å². The average molecular weight is 510 g/mol. The van der Waals surface area contributed by atoms with E-state index in [1.807, 2.05) is 0 Å². The minimum Gasteiger partial charge on any atom is -0.494 e. The Balaban J connectivity index is 1.59. The second kappa shape index (κ2) is 11.2. The van der Waals surface area contributed by atoms with E-state index in [1.54, 1.807) is 6.07 Å². The Morgan fingerprint density at radius 1 is 1.14 bits per heavy atom. The van der Waals surface area contributed by atoms with Gasteiger partial charge in [-0.2, -0.15) is 12.6 Å². The van der Waals surface area contributed by atoms with E-state index in [9.17, 15) is 9.18 Å². The molecule has 7 heteroatoms. The molecule has 0 aliphatic carbocycles. The number of fused-ring (bicyclic) bond motifs is 1. The number of aliphatic carboxylic acids is 1. The number of hydrogen-bond donors (Lipinski definition) is 3. The highest BCUT2D eigenvalue weighted by molar-refractivity contribution is 7.80. The van der Waals surface area contributed by atoms with Crippen LogP contribution in [-0.2, 0) is 11.2 Å². The van der Waals surface area contributed by atoms with Crippen LogP contribution in [0.5, 0.6) is 11.5 Å². The van der Waals surface area contributed by atoms with Gasteiger partial charge >= 0.3 is 5.97 Å². The SMILES string of the molecule is Cc1ccc(-c2c(C)cc(OCCCS)cc2C)cc1C1COc2cc(CCC(=O)O)c(F)cc2N1. The molecule has 3 aromatic carbocycles. The average Bonchev–Trinajstić information content (AvgIpc) is 2.83. The fraction of sp³-hybridized carbons (Fsp3) is 0.345. The maximum absolute atomic E-state index is 14.6. The summed E-state index contributed by atoms with van der Waals surface area (Å²) in [4.78, 5) is 10.9. The minimum absolute atomic E-state index is 0.125. The predicted octanol–water partition coefficient (Wildman–Crippen LogP) is 6.68. The van der Waals surface area contributed by atoms with Gasteiger partial charge in [-0.25, -0.2) is 4.39 Å². The Hall–Kier alpha value is -3.19. The van der Waals surface area contributed by atoms with Crippen molar-refractivity contribution in [3.63, 3.8) is 0 Å². The van der Waals surface area contributed by atoms with E-state index in [2.05, 4.69) is 69.0 Å². The van der Waals surface area contributed by atoms with Crippen molar-refractivity contribution in [1.29, 1.82) is 0 Å². The molecule has 2 N–H and O–H groups in total. The number of rotatable bonds is 9. The Morgan fingerprint density at radius 3 is 2.58 bits per heavy atom. The van der Waals surface area contributed by atoms with Gasteiger partial charge in [0.1, 0.15) is 23.9 Å². The lowest BCUT2D eigenvalue weighted by atomic mass is 9.90. The first-order valence-corrected chi connectivity index (χ1v) is 12.8. The quantitative estimate of drug-likeness (QED) is 0.222. The van der Waals surface area contributed by atoms with Crippen LogP contribution in [0, 0.1) is 26.6 Å². The first kappa shape index (κ1) is 25.9. The Morgan fingerprint density at radius 2 is 1.89 bits per heavy atom. The number of carboxylic acid groups (broad SMARTS) is 1. The minimum atomic E-state index is -0.956. The van der Waals surface area contributed by atoms with Crippen molar-refractivity contribution in [2.24, 2.45) is 0 Å². The standard InChI is InChI=1S/C29H32FNO4S/c1-17-5-6-21(29-18(2)11-22(12-19(29)3)34-9-4-10-36)13-23(17)26-16-35-27-14-20(7-8-28(32)33)24(30)15-25(27)31-26/h5-6,11-15,26,31,36H,4,7-10,16H2,1-3H3,(H,32,33). The number of hydrogen-bond acceptors (Lipinski definition) is 5. The van der Waals surface area contributed by atoms with Gasteiger partial charge < -0.3 is 19.9 Å². The zero-order valence-electron chi connectivity index (χ0n) is 20.9. The molecule has 1 unspecified atom stereocenters. The molecule has 1 heterocycles. The third-order valence-electron chi connectivity index (χ3n) is 6.51. The summed E-state index contributed by atoms with van der Waals surface area (Å²) < 4.78 is 26.5. The Kier molecular flexibility index (Phi) is 8.09. The lowest BCUT2D eigenvalue weighted by Crippen LogP contribution is -2.25. The summed E-state index contributed by atoms with van der Waals surface area (Å²) >= 11 is 4.24. The number of anilines is 1. The van der Waals surface area contributed by atoms with Crippen molar-refractivity contribution in [3.8, 4) is 22.6 Å². The smallest absolute Gasteiger partial charge is 0.303 e. The maximum atomic E-state index is 14.6. The number of ether oxygens (including phenoxy) is 2. The van der Waals surface area contributed by atoms with E-state index in [0.717, 1.165) is 45.7 Å². The highest BCUT2D eigenvalue weighted by atomic mass is 32.1. The van der Waals surface area contributed by atoms with Crippen molar-refractivity contribution < 1.29 is 23.8 Å². The number of halogens is 1. The molecule has 1 atom stereocenters. The largest absolute Gasteiger partial charge is 0.494 e. The molecule has 0 amide bonds. The summed E-state index contributed by atoms with van der Waals surface area (Å²) in [5.74, 6) is 0.820. The van der Waals surface area contributed by atoms with Crippen molar-refractivity contribution in [2.75, 3.05) is 24.3 Å². The van der Waals surface area contributed by atoms with Crippen LogP contribution in [0.3, 0.4) is 0 Å². The molecular weight excluding hydrogens is 477 g/mol. The normalized spacial score (nSPS) is 14.5. The molecule has 4 rings (SSSR count). The Labute approximate surface area is 217 Å². The van der Waals surface area contributed by atoms with Gasteiger partial charge in [0.2, 0.25) is 0 Å². The number of carboxylic acids is 1. The number of benzene rings is 3. The van der Waals surface area contributed by atoms with Crippen LogP contribution < -0.4 is 14.8 Å². The zero-order valence-corrected chi connectivity index (χ0v) is 21.8. The molecule has 0 aromatic heterocycles. The maximum Gasteiger partial charge on any atom is 0.303 e. The lowest BCUT2D eigenvalue weighted by molar-refractivity contribution is -0.136. The molecule has 0 fully saturated rings. The van der Waals surface area contributed by atoms with E-state index in [-0.39, 0.29) is 18.9 Å². The van der Waals surface area contributed by atoms with Gasteiger partial charge in [0, 0.05) is 12.5 Å². The van der Waals surface area contributed by atoms with Crippen LogP contribution in [-0.4, -0.2) is 30.0 Å². The summed E-state index contributed by atoms with van der Waals surface area (Å²) in [6, 6.07) is 13.4. The fourth-order valence-corrected chi connectivity index (χ4v) is 4.85. The lowest BCUT2D eigenvalue weighted by Gasteiger charge is -2.30. The summed E-state index contributed by atoms with van der Waals surface area (Å²) in [5.41, 5.74) is 7.67. The van der Waals surface area contributed by atoms with Crippen LogP contribution in [0.2, 0.25) is 0 Å². The van der Waals surface area contributed by atoms with Crippen molar-refractivity contribution in [3.05, 3.63) is 76.1 Å². The van der Waals surface area contributed by atoms with E-state index in [1.165, 1.54) is 11.6 Å². The van der Waals surface area contributed by atoms with Gasteiger partial charge in [-0.3, -0.25) is 4.79 Å². The Bertz CT molecular complexity index is 1250. The summed E-state index contributed by atoms with van der Waals surface area (Å²) in [6.07, 6.45) is 0.900. The van der Waals surface area contributed by atoms with Gasteiger partial charge in [0.15, 0.2) is 0 Å². The first-order valence-electron chi connectivity index (χ1n) is 12.2. The van der Waals surface area contributed by atoms with E-state index >= 15 is 0 Å². The van der Waals surface area contributed by atoms with Gasteiger partial charge in [-0.15, -0.1) is 0 Å². The number of thiol groups is 1. The molecular formula is C29H32FNO4S. The second-order valence-electron chi connectivity index (χ2n) is 9.27. The van der Waals surface area contributed by atoms with Crippen LogP contribution in [0.1, 0.15) is 46.7 Å². The van der Waals surface area contributed by atoms with Crippen molar-refractivity contribution in [1.82, 2.24) is 0 Å². The van der Waals surface area contributed by atoms with Crippen LogP contribution >= 0.6 is 12.6 Å². The van der Waals surface area contributed by atoms with Gasteiger partial charge in [-0.1, -0.05) is 12.1 Å². The van der Waals surface area contributed by atoms with Gasteiger partial charge in [-0.05, 0) is 103 Å². The molecule has 0 saturated heterocycles. The van der Waals surface area contributed by atoms with Gasteiger partial charge in [0.05, 0.1) is 18.3 Å². The number of aryl methyl sites for hydroxylation is 4. The predicted molar refractivity (Wildman–Crippen MR) is 144 cm³/mol. The molecule has 190 valence electrons. The van der Waals surface area contributed by atoms with Crippen LogP contribution in [0.15, 0.2) is 42.5 Å². The first-order chi connectivity index (χ1) is 17.3. The van der Waals surface area contributed by atoms with E-state index < -0.39 is 11.8 Å². The summed E-state index contributed by atoms with van der Waals surface area (Å²) in [5, 5.41) is 12.3. The molecule has 1 aliphatic heterocycles. The van der Waals surface area contributed by atoms with Crippen molar-refractivity contribution in [2.45, 2.75) is 46.1 Å². The summed E-state index contributed by atoms with van der Waals surface area (Å²) in [6.45, 7) is 7.28. The molecule has 0 radical (unpaired) electrons. The molecule has 0 spiro atoms. The topological polar surface area (TPSA) is 67.8 Å². The molecule has 36 heavy (non-hydrogen) atoms. The molecule has 1 aliphatic rings. The molecule has 0 bridgehead atoms. The monoisotopic (exact) mass is 509 g/mol. The fourth-order valence-electron chi connectivity index (χ4n) is 4.72. The number of carbonyl (C=O) groups is 1. The third kappa shape index (κ3) is 5.78. The second-order valence-corrected chi connectivity index (χ2v) is 9.72.